The van der Waals surface area contributed by atoms with Crippen molar-refractivity contribution in [2.45, 2.75) is 18.1 Å². The molecule has 0 fully saturated rings. The fourth-order valence-corrected chi connectivity index (χ4v) is 4.49. The van der Waals surface area contributed by atoms with Crippen molar-refractivity contribution in [1.29, 1.82) is 0 Å². The predicted molar refractivity (Wildman–Crippen MR) is 124 cm³/mol. The zero-order valence-electron chi connectivity index (χ0n) is 16.8. The quantitative estimate of drug-likeness (QED) is 0.259. The Labute approximate surface area is 192 Å². The second-order valence-electron chi connectivity index (χ2n) is 6.71. The third-order valence-electron chi connectivity index (χ3n) is 4.67. The van der Waals surface area contributed by atoms with Crippen LogP contribution in [-0.4, -0.2) is 45.2 Å². The lowest BCUT2D eigenvalue weighted by Crippen LogP contribution is -2.24. The Balaban J connectivity index is 1.59. The van der Waals surface area contributed by atoms with Gasteiger partial charge in [-0.15, -0.1) is 10.2 Å². The van der Waals surface area contributed by atoms with Gasteiger partial charge in [-0.1, -0.05) is 47.1 Å². The number of halogens is 2. The molecule has 2 heterocycles. The van der Waals surface area contributed by atoms with Crippen LogP contribution >= 0.6 is 35.0 Å². The third-order valence-corrected chi connectivity index (χ3v) is 6.10. The molecule has 4 rings (SSSR count). The van der Waals surface area contributed by atoms with Gasteiger partial charge in [0.1, 0.15) is 5.75 Å². The van der Waals surface area contributed by atoms with Crippen molar-refractivity contribution in [3.8, 4) is 5.75 Å². The van der Waals surface area contributed by atoms with E-state index in [-0.39, 0.29) is 5.56 Å². The Kier molecular flexibility index (Phi) is 7.02. The monoisotopic (exact) mass is 478 g/mol. The number of para-hydroxylation sites is 1. The van der Waals surface area contributed by atoms with Crippen LogP contribution in [0.5, 0.6) is 5.75 Å². The lowest BCUT2D eigenvalue weighted by atomic mass is 10.2. The van der Waals surface area contributed by atoms with Gasteiger partial charge in [-0.05, 0) is 36.8 Å². The van der Waals surface area contributed by atoms with E-state index in [0.717, 1.165) is 5.52 Å². The Bertz CT molecular complexity index is 1270. The molecule has 2 aromatic heterocycles. The molecule has 0 bridgehead atoms. The first kappa shape index (κ1) is 22.0. The molecule has 7 nitrogen and oxygen atoms in total. The van der Waals surface area contributed by atoms with Gasteiger partial charge in [0.25, 0.3) is 5.56 Å². The van der Waals surface area contributed by atoms with Gasteiger partial charge in [-0.2, -0.15) is 0 Å². The van der Waals surface area contributed by atoms with Gasteiger partial charge in [-0.25, -0.2) is 0 Å². The molecule has 4 aromatic rings. The second-order valence-corrected chi connectivity index (χ2v) is 8.62. The maximum atomic E-state index is 13.0. The summed E-state index contributed by atoms with van der Waals surface area (Å²) >= 11 is 13.6. The molecular weight excluding hydrogens is 459 g/mol. The van der Waals surface area contributed by atoms with E-state index < -0.39 is 0 Å². The van der Waals surface area contributed by atoms with Crippen LogP contribution in [0.15, 0.2) is 52.4 Å². The number of hydrogen-bond donors (Lipinski definition) is 0. The van der Waals surface area contributed by atoms with E-state index in [0.29, 0.717) is 64.0 Å². The van der Waals surface area contributed by atoms with Crippen molar-refractivity contribution < 1.29 is 9.47 Å². The van der Waals surface area contributed by atoms with Crippen LogP contribution in [0.1, 0.15) is 6.42 Å². The van der Waals surface area contributed by atoms with E-state index in [1.807, 2.05) is 28.7 Å². The molecule has 0 spiro atoms. The largest absolute Gasteiger partial charge is 0.491 e. The van der Waals surface area contributed by atoms with Gasteiger partial charge in [0, 0.05) is 31.0 Å². The molecule has 0 N–H and O–H groups in total. The molecule has 0 saturated carbocycles. The molecule has 0 aliphatic heterocycles. The number of aryl methyl sites for hydroxylation is 1. The molecule has 0 unspecified atom stereocenters. The summed E-state index contributed by atoms with van der Waals surface area (Å²) in [5.41, 5.74) is 0.698. The van der Waals surface area contributed by atoms with Crippen molar-refractivity contribution in [3.63, 3.8) is 0 Å². The van der Waals surface area contributed by atoms with Gasteiger partial charge in [0.15, 0.2) is 5.16 Å². The van der Waals surface area contributed by atoms with Crippen LogP contribution in [0, 0.1) is 0 Å². The van der Waals surface area contributed by atoms with Gasteiger partial charge in [0.05, 0.1) is 22.5 Å². The van der Waals surface area contributed by atoms with Gasteiger partial charge in [-0.3, -0.25) is 13.8 Å². The summed E-state index contributed by atoms with van der Waals surface area (Å²) in [6.45, 7) is 1.49. The van der Waals surface area contributed by atoms with E-state index in [2.05, 4.69) is 10.2 Å². The molecular formula is C21H20Cl2N4O3S. The molecule has 0 aliphatic carbocycles. The van der Waals surface area contributed by atoms with E-state index in [4.69, 9.17) is 32.7 Å². The summed E-state index contributed by atoms with van der Waals surface area (Å²) in [5.74, 6) is 1.72. The molecule has 0 aliphatic rings. The number of methoxy groups -OCH3 is 1. The first-order valence-corrected chi connectivity index (χ1v) is 11.4. The fraction of sp³-hybridized carbons (Fsp3) is 0.286. The Morgan fingerprint density at radius 1 is 1.10 bits per heavy atom. The van der Waals surface area contributed by atoms with Crippen molar-refractivity contribution in [2.75, 3.05) is 26.1 Å². The summed E-state index contributed by atoms with van der Waals surface area (Å²) in [5, 5.41) is 11.0. The lowest BCUT2D eigenvalue weighted by Gasteiger charge is -2.11. The lowest BCUT2D eigenvalue weighted by molar-refractivity contribution is 0.190. The fourth-order valence-electron chi connectivity index (χ4n) is 3.27. The number of hydrogen-bond acceptors (Lipinski definition) is 6. The highest BCUT2D eigenvalue weighted by Crippen LogP contribution is 2.28. The minimum Gasteiger partial charge on any atom is -0.491 e. The second kappa shape index (κ2) is 9.91. The minimum atomic E-state index is -0.0798. The highest BCUT2D eigenvalue weighted by Gasteiger charge is 2.16. The van der Waals surface area contributed by atoms with Crippen LogP contribution < -0.4 is 10.3 Å². The SMILES string of the molecule is COCCCn1c(=O)c2ccccc2n2c(SCCOc3ccc(Cl)cc3Cl)nnc12. The maximum Gasteiger partial charge on any atom is 0.262 e. The molecule has 0 atom stereocenters. The summed E-state index contributed by atoms with van der Waals surface area (Å²) in [4.78, 5) is 13.0. The molecule has 0 amide bonds. The highest BCUT2D eigenvalue weighted by molar-refractivity contribution is 7.99. The highest BCUT2D eigenvalue weighted by atomic mass is 35.5. The van der Waals surface area contributed by atoms with Crippen molar-refractivity contribution >= 4 is 51.6 Å². The Hall–Kier alpha value is -2.26. The van der Waals surface area contributed by atoms with Crippen LogP contribution in [0.3, 0.4) is 0 Å². The average Bonchev–Trinajstić information content (AvgIpc) is 3.19. The number of rotatable bonds is 9. The number of thioether (sulfide) groups is 1. The summed E-state index contributed by atoms with van der Waals surface area (Å²) < 4.78 is 14.5. The average molecular weight is 479 g/mol. The molecule has 10 heteroatoms. The zero-order chi connectivity index (χ0) is 21.8. The van der Waals surface area contributed by atoms with Gasteiger partial charge >= 0.3 is 0 Å². The first-order chi connectivity index (χ1) is 15.1. The Morgan fingerprint density at radius 3 is 2.74 bits per heavy atom. The molecule has 31 heavy (non-hydrogen) atoms. The van der Waals surface area contributed by atoms with Crippen molar-refractivity contribution in [2.24, 2.45) is 0 Å². The number of ether oxygens (including phenoxy) is 2. The van der Waals surface area contributed by atoms with E-state index >= 15 is 0 Å². The minimum absolute atomic E-state index is 0.0798. The van der Waals surface area contributed by atoms with Gasteiger partial charge in [0.2, 0.25) is 5.78 Å². The Morgan fingerprint density at radius 2 is 1.94 bits per heavy atom. The van der Waals surface area contributed by atoms with Crippen LogP contribution in [-0.2, 0) is 11.3 Å². The topological polar surface area (TPSA) is 70.7 Å². The standard InChI is InChI=1S/C21H20Cl2N4O3S/c1-29-10-4-9-26-19(28)15-5-2-3-6-17(15)27-20(26)24-25-21(27)31-12-11-30-18-8-7-14(22)13-16(18)23/h2-3,5-8,13H,4,9-12H2,1H3. The van der Waals surface area contributed by atoms with E-state index in [9.17, 15) is 4.79 Å². The zero-order valence-corrected chi connectivity index (χ0v) is 19.1. The summed E-state index contributed by atoms with van der Waals surface area (Å²) in [6, 6.07) is 12.6. The smallest absolute Gasteiger partial charge is 0.262 e. The third kappa shape index (κ3) is 4.67. The van der Waals surface area contributed by atoms with Crippen molar-refractivity contribution in [3.05, 3.63) is 62.9 Å². The summed E-state index contributed by atoms with van der Waals surface area (Å²) in [7, 11) is 1.64. The van der Waals surface area contributed by atoms with Gasteiger partial charge < -0.3 is 9.47 Å². The van der Waals surface area contributed by atoms with Crippen LogP contribution in [0.2, 0.25) is 10.0 Å². The normalized spacial score (nSPS) is 11.5. The molecule has 2 aromatic carbocycles. The number of aromatic nitrogens is 4. The number of benzene rings is 2. The number of fused-ring (bicyclic) bond motifs is 3. The van der Waals surface area contributed by atoms with Crippen LogP contribution in [0.4, 0.5) is 0 Å². The van der Waals surface area contributed by atoms with E-state index in [1.54, 1.807) is 29.9 Å². The molecule has 0 saturated heterocycles. The molecule has 0 radical (unpaired) electrons. The first-order valence-electron chi connectivity index (χ1n) is 9.66. The van der Waals surface area contributed by atoms with E-state index in [1.165, 1.54) is 11.8 Å². The summed E-state index contributed by atoms with van der Waals surface area (Å²) in [6.07, 6.45) is 0.704. The van der Waals surface area contributed by atoms with Crippen molar-refractivity contribution in [1.82, 2.24) is 19.2 Å². The molecule has 162 valence electrons. The number of nitrogens with zero attached hydrogens (tertiary/aromatic N) is 4. The van der Waals surface area contributed by atoms with Crippen LogP contribution in [0.25, 0.3) is 16.7 Å². The maximum absolute atomic E-state index is 13.0. The predicted octanol–water partition coefficient (Wildman–Crippen LogP) is 4.56.